The van der Waals surface area contributed by atoms with Gasteiger partial charge in [-0.25, -0.2) is 9.59 Å². The molecule has 0 aromatic heterocycles. The second-order valence-electron chi connectivity index (χ2n) is 6.36. The Morgan fingerprint density at radius 1 is 0.909 bits per heavy atom. The molecule has 0 fully saturated rings. The highest BCUT2D eigenvalue weighted by Crippen LogP contribution is 2.13. The Morgan fingerprint density at radius 2 is 1.41 bits per heavy atom. The fourth-order valence-corrected chi connectivity index (χ4v) is 2.20. The van der Waals surface area contributed by atoms with Crippen molar-refractivity contribution in [1.82, 2.24) is 0 Å². The van der Waals surface area contributed by atoms with E-state index in [-0.39, 0.29) is 18.0 Å². The maximum absolute atomic E-state index is 12.0. The summed E-state index contributed by atoms with van der Waals surface area (Å²) in [6.07, 6.45) is 0.854. The Balaban J connectivity index is 2.55. The zero-order valence-corrected chi connectivity index (χ0v) is 14.1. The van der Waals surface area contributed by atoms with Gasteiger partial charge in [0.1, 0.15) is 0 Å². The summed E-state index contributed by atoms with van der Waals surface area (Å²) in [5.41, 5.74) is 0.872. The number of hydrogen-bond acceptors (Lipinski definition) is 4. The number of carbonyl (C=O) groups is 2. The van der Waals surface area contributed by atoms with Gasteiger partial charge >= 0.3 is 11.9 Å². The first-order chi connectivity index (χ1) is 10.3. The van der Waals surface area contributed by atoms with E-state index in [1.807, 2.05) is 0 Å². The Kier molecular flexibility index (Phi) is 7.09. The van der Waals surface area contributed by atoms with Crippen LogP contribution in [-0.4, -0.2) is 24.6 Å². The average Bonchev–Trinajstić information content (AvgIpc) is 2.43. The largest absolute Gasteiger partial charge is 0.462 e. The van der Waals surface area contributed by atoms with Crippen molar-refractivity contribution < 1.29 is 19.1 Å². The molecule has 1 unspecified atom stereocenters. The molecular weight excluding hydrogens is 280 g/mol. The van der Waals surface area contributed by atoms with Crippen LogP contribution in [0.2, 0.25) is 0 Å². The van der Waals surface area contributed by atoms with E-state index in [9.17, 15) is 9.59 Å². The fourth-order valence-electron chi connectivity index (χ4n) is 2.20. The van der Waals surface area contributed by atoms with Gasteiger partial charge in [0, 0.05) is 0 Å². The lowest BCUT2D eigenvalue weighted by atomic mass is 10.00. The van der Waals surface area contributed by atoms with Gasteiger partial charge in [-0.05, 0) is 56.4 Å². The lowest BCUT2D eigenvalue weighted by Gasteiger charge is -2.14. The van der Waals surface area contributed by atoms with Gasteiger partial charge in [-0.2, -0.15) is 0 Å². The van der Waals surface area contributed by atoms with Crippen molar-refractivity contribution in [2.75, 3.05) is 6.61 Å². The molecule has 0 saturated carbocycles. The summed E-state index contributed by atoms with van der Waals surface area (Å²) >= 11 is 0. The number of benzene rings is 1. The van der Waals surface area contributed by atoms with E-state index < -0.39 is 0 Å². The van der Waals surface area contributed by atoms with Crippen molar-refractivity contribution >= 4 is 11.9 Å². The van der Waals surface area contributed by atoms with Gasteiger partial charge in [0.25, 0.3) is 0 Å². The summed E-state index contributed by atoms with van der Waals surface area (Å²) < 4.78 is 10.4. The summed E-state index contributed by atoms with van der Waals surface area (Å²) in [4.78, 5) is 23.7. The van der Waals surface area contributed by atoms with Gasteiger partial charge in [0.2, 0.25) is 0 Å². The third-order valence-corrected chi connectivity index (χ3v) is 3.07. The second-order valence-corrected chi connectivity index (χ2v) is 6.36. The molecule has 0 aliphatic heterocycles. The van der Waals surface area contributed by atoms with Crippen LogP contribution in [0.3, 0.4) is 0 Å². The van der Waals surface area contributed by atoms with Crippen molar-refractivity contribution in [3.05, 3.63) is 35.4 Å². The third kappa shape index (κ3) is 6.29. The average molecular weight is 306 g/mol. The highest BCUT2D eigenvalue weighted by molar-refractivity contribution is 5.93. The summed E-state index contributed by atoms with van der Waals surface area (Å²) in [6.45, 7) is 10.4. The smallest absolute Gasteiger partial charge is 0.338 e. The molecule has 0 aliphatic rings. The first kappa shape index (κ1) is 18.2. The Morgan fingerprint density at radius 3 is 1.86 bits per heavy atom. The van der Waals surface area contributed by atoms with Crippen molar-refractivity contribution in [3.8, 4) is 0 Å². The molecule has 22 heavy (non-hydrogen) atoms. The minimum Gasteiger partial charge on any atom is -0.462 e. The van der Waals surface area contributed by atoms with E-state index in [1.165, 1.54) is 0 Å². The SMILES string of the molecule is CC(C)CC(C)COC(=O)c1ccc(C(=O)OC(C)C)cc1. The van der Waals surface area contributed by atoms with Crippen LogP contribution in [0.15, 0.2) is 24.3 Å². The summed E-state index contributed by atoms with van der Waals surface area (Å²) in [5.74, 6) is 0.170. The van der Waals surface area contributed by atoms with E-state index >= 15 is 0 Å². The molecule has 1 aromatic rings. The highest BCUT2D eigenvalue weighted by Gasteiger charge is 2.13. The summed E-state index contributed by atoms with van der Waals surface area (Å²) in [6, 6.07) is 6.34. The van der Waals surface area contributed by atoms with Crippen molar-refractivity contribution in [2.24, 2.45) is 11.8 Å². The maximum Gasteiger partial charge on any atom is 0.338 e. The van der Waals surface area contributed by atoms with E-state index in [2.05, 4.69) is 20.8 Å². The van der Waals surface area contributed by atoms with Crippen LogP contribution >= 0.6 is 0 Å². The van der Waals surface area contributed by atoms with Gasteiger partial charge in [-0.1, -0.05) is 20.8 Å². The normalized spacial score (nSPS) is 12.3. The van der Waals surface area contributed by atoms with Gasteiger partial charge in [-0.3, -0.25) is 0 Å². The fraction of sp³-hybridized carbons (Fsp3) is 0.556. The van der Waals surface area contributed by atoms with Crippen LogP contribution in [0.5, 0.6) is 0 Å². The molecule has 0 aliphatic carbocycles. The van der Waals surface area contributed by atoms with Crippen LogP contribution in [0.1, 0.15) is 61.8 Å². The van der Waals surface area contributed by atoms with Crippen LogP contribution < -0.4 is 0 Å². The summed E-state index contributed by atoms with van der Waals surface area (Å²) in [5, 5.41) is 0. The minimum absolute atomic E-state index is 0.167. The quantitative estimate of drug-likeness (QED) is 0.712. The first-order valence-electron chi connectivity index (χ1n) is 7.77. The number of hydrogen-bond donors (Lipinski definition) is 0. The number of carbonyl (C=O) groups excluding carboxylic acids is 2. The Hall–Kier alpha value is -1.84. The molecular formula is C18H26O4. The Bertz CT molecular complexity index is 488. The number of ether oxygens (including phenoxy) is 2. The second kappa shape index (κ2) is 8.57. The Labute approximate surface area is 132 Å². The molecule has 0 bridgehead atoms. The van der Waals surface area contributed by atoms with Crippen molar-refractivity contribution in [3.63, 3.8) is 0 Å². The first-order valence-corrected chi connectivity index (χ1v) is 7.77. The third-order valence-electron chi connectivity index (χ3n) is 3.07. The van der Waals surface area contributed by atoms with Crippen LogP contribution in [-0.2, 0) is 9.47 Å². The van der Waals surface area contributed by atoms with Crippen molar-refractivity contribution in [2.45, 2.75) is 47.1 Å². The monoisotopic (exact) mass is 306 g/mol. The lowest BCUT2D eigenvalue weighted by molar-refractivity contribution is 0.0374. The van der Waals surface area contributed by atoms with Gasteiger partial charge in [-0.15, -0.1) is 0 Å². The minimum atomic E-state index is -0.388. The van der Waals surface area contributed by atoms with Gasteiger partial charge in [0.05, 0.1) is 23.8 Å². The molecule has 0 amide bonds. The van der Waals surface area contributed by atoms with Gasteiger partial charge < -0.3 is 9.47 Å². The van der Waals surface area contributed by atoms with Crippen LogP contribution in [0, 0.1) is 11.8 Å². The van der Waals surface area contributed by atoms with Crippen LogP contribution in [0.25, 0.3) is 0 Å². The number of rotatable bonds is 7. The summed E-state index contributed by atoms with van der Waals surface area (Å²) in [7, 11) is 0. The molecule has 0 saturated heterocycles. The molecule has 0 spiro atoms. The molecule has 4 heteroatoms. The predicted molar refractivity (Wildman–Crippen MR) is 85.9 cm³/mol. The zero-order chi connectivity index (χ0) is 16.7. The molecule has 0 radical (unpaired) electrons. The molecule has 0 heterocycles. The van der Waals surface area contributed by atoms with E-state index in [1.54, 1.807) is 38.1 Å². The van der Waals surface area contributed by atoms with E-state index in [0.717, 1.165) is 6.42 Å². The maximum atomic E-state index is 12.0. The topological polar surface area (TPSA) is 52.6 Å². The standard InChI is InChI=1S/C18H26O4/c1-12(2)10-14(5)11-21-17(19)15-6-8-16(9-7-15)18(20)22-13(3)4/h6-9,12-14H,10-11H2,1-5H3. The van der Waals surface area contributed by atoms with Crippen molar-refractivity contribution in [1.29, 1.82) is 0 Å². The van der Waals surface area contributed by atoms with E-state index in [4.69, 9.17) is 9.47 Å². The molecule has 122 valence electrons. The van der Waals surface area contributed by atoms with Crippen LogP contribution in [0.4, 0.5) is 0 Å². The molecule has 1 atom stereocenters. The molecule has 0 N–H and O–H groups in total. The molecule has 1 rings (SSSR count). The predicted octanol–water partition coefficient (Wildman–Crippen LogP) is 4.09. The zero-order valence-electron chi connectivity index (χ0n) is 14.1. The van der Waals surface area contributed by atoms with E-state index in [0.29, 0.717) is 29.6 Å². The van der Waals surface area contributed by atoms with Gasteiger partial charge in [0.15, 0.2) is 0 Å². The highest BCUT2D eigenvalue weighted by atomic mass is 16.5. The number of esters is 2. The molecule has 1 aromatic carbocycles. The molecule has 4 nitrogen and oxygen atoms in total. The lowest BCUT2D eigenvalue weighted by Crippen LogP contribution is -2.14.